The predicted molar refractivity (Wildman–Crippen MR) is 102 cm³/mol. The highest BCUT2D eigenvalue weighted by atomic mass is 19.1. The quantitative estimate of drug-likeness (QED) is 0.695. The summed E-state index contributed by atoms with van der Waals surface area (Å²) >= 11 is 0. The van der Waals surface area contributed by atoms with Gasteiger partial charge >= 0.3 is 0 Å². The summed E-state index contributed by atoms with van der Waals surface area (Å²) in [6, 6.07) is 10.8. The first-order chi connectivity index (χ1) is 13.0. The van der Waals surface area contributed by atoms with Crippen molar-refractivity contribution in [3.63, 3.8) is 0 Å². The van der Waals surface area contributed by atoms with Gasteiger partial charge in [-0.15, -0.1) is 0 Å². The summed E-state index contributed by atoms with van der Waals surface area (Å²) in [4.78, 5) is 24.3. The third-order valence-corrected chi connectivity index (χ3v) is 4.31. The first kappa shape index (κ1) is 18.7. The minimum atomic E-state index is -0.590. The van der Waals surface area contributed by atoms with Crippen LogP contribution in [0.15, 0.2) is 42.5 Å². The van der Waals surface area contributed by atoms with Crippen molar-refractivity contribution in [2.75, 3.05) is 23.1 Å². The number of para-hydroxylation sites is 2. The molecule has 3 N–H and O–H groups in total. The average Bonchev–Trinajstić information content (AvgIpc) is 3.50. The van der Waals surface area contributed by atoms with E-state index in [0.29, 0.717) is 17.1 Å². The number of anilines is 3. The van der Waals surface area contributed by atoms with Gasteiger partial charge in [0.25, 0.3) is 0 Å². The number of ether oxygens (including phenoxy) is 1. The van der Waals surface area contributed by atoms with E-state index in [2.05, 4.69) is 16.0 Å². The molecule has 0 aromatic heterocycles. The van der Waals surface area contributed by atoms with Crippen LogP contribution in [0.2, 0.25) is 0 Å². The van der Waals surface area contributed by atoms with Crippen LogP contribution in [0.25, 0.3) is 0 Å². The Bertz CT molecular complexity index is 852. The van der Waals surface area contributed by atoms with Crippen LogP contribution < -0.4 is 20.7 Å². The molecule has 2 aromatic rings. The van der Waals surface area contributed by atoms with Gasteiger partial charge in [-0.25, -0.2) is 4.39 Å². The number of carbonyl (C=O) groups is 2. The summed E-state index contributed by atoms with van der Waals surface area (Å²) in [5, 5.41) is 8.41. The number of hydrogen-bond acceptors (Lipinski definition) is 4. The zero-order valence-electron chi connectivity index (χ0n) is 15.2. The Morgan fingerprint density at radius 2 is 1.85 bits per heavy atom. The molecule has 7 heteroatoms. The van der Waals surface area contributed by atoms with Crippen molar-refractivity contribution in [3.8, 4) is 5.75 Å². The highest BCUT2D eigenvalue weighted by molar-refractivity contribution is 5.98. The normalized spacial score (nSPS) is 14.2. The molecule has 3 rings (SSSR count). The molecule has 2 amide bonds. The second-order valence-electron chi connectivity index (χ2n) is 6.51. The number of hydrogen-bond donors (Lipinski definition) is 3. The van der Waals surface area contributed by atoms with E-state index >= 15 is 0 Å². The molecular weight excluding hydrogens is 349 g/mol. The SMILES string of the molecule is COc1ccccc1NC(=O)[C@H](C)Nc1ccc(F)c(NC(=O)C2CC2)c1. The summed E-state index contributed by atoms with van der Waals surface area (Å²) in [7, 11) is 1.53. The van der Waals surface area contributed by atoms with Crippen molar-refractivity contribution >= 4 is 28.9 Å². The molecule has 0 bridgehead atoms. The second kappa shape index (κ2) is 8.07. The maximum Gasteiger partial charge on any atom is 0.246 e. The van der Waals surface area contributed by atoms with Gasteiger partial charge in [0.1, 0.15) is 17.6 Å². The summed E-state index contributed by atoms with van der Waals surface area (Å²) in [6.07, 6.45) is 1.68. The van der Waals surface area contributed by atoms with E-state index in [4.69, 9.17) is 4.74 Å². The van der Waals surface area contributed by atoms with E-state index in [1.807, 2.05) is 6.07 Å². The maximum absolute atomic E-state index is 13.9. The largest absolute Gasteiger partial charge is 0.495 e. The number of benzene rings is 2. The Kier molecular flexibility index (Phi) is 5.59. The minimum Gasteiger partial charge on any atom is -0.495 e. The average molecular weight is 371 g/mol. The van der Waals surface area contributed by atoms with Gasteiger partial charge in [0, 0.05) is 11.6 Å². The van der Waals surface area contributed by atoms with E-state index in [-0.39, 0.29) is 23.4 Å². The Hall–Kier alpha value is -3.09. The molecule has 6 nitrogen and oxygen atoms in total. The number of nitrogens with one attached hydrogen (secondary N) is 3. The lowest BCUT2D eigenvalue weighted by Gasteiger charge is -2.17. The van der Waals surface area contributed by atoms with Crippen LogP contribution in [0.3, 0.4) is 0 Å². The van der Waals surface area contributed by atoms with E-state index in [9.17, 15) is 14.0 Å². The molecule has 1 aliphatic rings. The molecule has 1 fully saturated rings. The van der Waals surface area contributed by atoms with Gasteiger partial charge in [0.05, 0.1) is 18.5 Å². The van der Waals surface area contributed by atoms with Crippen LogP contribution in [-0.4, -0.2) is 25.0 Å². The van der Waals surface area contributed by atoms with E-state index < -0.39 is 11.9 Å². The Morgan fingerprint density at radius 3 is 2.56 bits per heavy atom. The lowest BCUT2D eigenvalue weighted by Crippen LogP contribution is -2.32. The van der Waals surface area contributed by atoms with Crippen molar-refractivity contribution < 1.29 is 18.7 Å². The van der Waals surface area contributed by atoms with Gasteiger partial charge in [-0.05, 0) is 50.1 Å². The molecule has 142 valence electrons. The maximum atomic E-state index is 13.9. The molecular formula is C20H22FN3O3. The summed E-state index contributed by atoms with van der Waals surface area (Å²) in [5.41, 5.74) is 1.20. The fourth-order valence-corrected chi connectivity index (χ4v) is 2.60. The molecule has 0 heterocycles. The summed E-state index contributed by atoms with van der Waals surface area (Å²) in [5.74, 6) is -0.419. The molecule has 0 aliphatic heterocycles. The highest BCUT2D eigenvalue weighted by Gasteiger charge is 2.30. The standard InChI is InChI=1S/C20H22FN3O3/c1-12(19(25)23-16-5-3-4-6-18(16)27-2)22-14-9-10-15(21)17(11-14)24-20(26)13-7-8-13/h3-6,9-13,22H,7-8H2,1-2H3,(H,23,25)(H,24,26)/t12-/m0/s1. The van der Waals surface area contributed by atoms with Crippen LogP contribution in [0.5, 0.6) is 5.75 Å². The fourth-order valence-electron chi connectivity index (χ4n) is 2.60. The van der Waals surface area contributed by atoms with Crippen LogP contribution in [0, 0.1) is 11.7 Å². The molecule has 1 saturated carbocycles. The van der Waals surface area contributed by atoms with Gasteiger partial charge in [-0.1, -0.05) is 12.1 Å². The lowest BCUT2D eigenvalue weighted by atomic mass is 10.2. The molecule has 1 atom stereocenters. The first-order valence-electron chi connectivity index (χ1n) is 8.78. The fraction of sp³-hybridized carbons (Fsp3) is 0.300. The second-order valence-corrected chi connectivity index (χ2v) is 6.51. The molecule has 0 spiro atoms. The molecule has 1 aliphatic carbocycles. The molecule has 0 radical (unpaired) electrons. The zero-order valence-corrected chi connectivity index (χ0v) is 15.2. The zero-order chi connectivity index (χ0) is 19.4. The smallest absolute Gasteiger partial charge is 0.246 e. The topological polar surface area (TPSA) is 79.5 Å². The third-order valence-electron chi connectivity index (χ3n) is 4.31. The number of halogens is 1. The molecule has 0 saturated heterocycles. The van der Waals surface area contributed by atoms with Crippen molar-refractivity contribution in [2.24, 2.45) is 5.92 Å². The number of amides is 2. The van der Waals surface area contributed by atoms with Gasteiger partial charge in [0.15, 0.2) is 0 Å². The minimum absolute atomic E-state index is 0.0217. The number of carbonyl (C=O) groups excluding carboxylic acids is 2. The first-order valence-corrected chi connectivity index (χ1v) is 8.78. The van der Waals surface area contributed by atoms with E-state index in [0.717, 1.165) is 12.8 Å². The van der Waals surface area contributed by atoms with Crippen molar-refractivity contribution in [3.05, 3.63) is 48.3 Å². The number of rotatable bonds is 7. The number of methoxy groups -OCH3 is 1. The van der Waals surface area contributed by atoms with Crippen molar-refractivity contribution in [1.29, 1.82) is 0 Å². The van der Waals surface area contributed by atoms with Gasteiger partial charge in [0.2, 0.25) is 11.8 Å². The van der Waals surface area contributed by atoms with Crippen LogP contribution in [-0.2, 0) is 9.59 Å². The lowest BCUT2D eigenvalue weighted by molar-refractivity contribution is -0.117. The van der Waals surface area contributed by atoms with Gasteiger partial charge in [-0.2, -0.15) is 0 Å². The van der Waals surface area contributed by atoms with Crippen LogP contribution >= 0.6 is 0 Å². The Balaban J connectivity index is 1.65. The van der Waals surface area contributed by atoms with Gasteiger partial charge in [-0.3, -0.25) is 9.59 Å². The third kappa shape index (κ3) is 4.75. The monoisotopic (exact) mass is 371 g/mol. The van der Waals surface area contributed by atoms with E-state index in [1.165, 1.54) is 25.3 Å². The Morgan fingerprint density at radius 1 is 1.11 bits per heavy atom. The van der Waals surface area contributed by atoms with Crippen molar-refractivity contribution in [2.45, 2.75) is 25.8 Å². The molecule has 27 heavy (non-hydrogen) atoms. The van der Waals surface area contributed by atoms with Crippen LogP contribution in [0.1, 0.15) is 19.8 Å². The predicted octanol–water partition coefficient (Wildman–Crippen LogP) is 3.62. The summed E-state index contributed by atoms with van der Waals surface area (Å²) in [6.45, 7) is 1.69. The highest BCUT2D eigenvalue weighted by Crippen LogP contribution is 2.31. The van der Waals surface area contributed by atoms with Crippen molar-refractivity contribution in [1.82, 2.24) is 0 Å². The Labute approximate surface area is 157 Å². The van der Waals surface area contributed by atoms with Gasteiger partial charge < -0.3 is 20.7 Å². The van der Waals surface area contributed by atoms with E-state index in [1.54, 1.807) is 25.1 Å². The summed E-state index contributed by atoms with van der Waals surface area (Å²) < 4.78 is 19.2. The molecule has 0 unspecified atom stereocenters. The van der Waals surface area contributed by atoms with Crippen LogP contribution in [0.4, 0.5) is 21.5 Å². The molecule has 2 aromatic carbocycles.